The summed E-state index contributed by atoms with van der Waals surface area (Å²) in [6, 6.07) is 1.35. The molecule has 0 aliphatic rings. The van der Waals surface area contributed by atoms with E-state index in [2.05, 4.69) is 4.98 Å². The van der Waals surface area contributed by atoms with Gasteiger partial charge in [-0.2, -0.15) is 18.4 Å². The molecule has 1 aromatic rings. The normalized spacial score (nSPS) is 11.6. The molecule has 1 aromatic heterocycles. The summed E-state index contributed by atoms with van der Waals surface area (Å²) in [7, 11) is 0. The van der Waals surface area contributed by atoms with Crippen LogP contribution in [0.2, 0.25) is 0 Å². The van der Waals surface area contributed by atoms with Crippen LogP contribution in [0.15, 0.2) is 6.07 Å². The van der Waals surface area contributed by atoms with Crippen LogP contribution in [0.4, 0.5) is 26.3 Å². The first-order valence-electron chi connectivity index (χ1n) is 4.19. The zero-order valence-corrected chi connectivity index (χ0v) is 8.02. The van der Waals surface area contributed by atoms with Crippen LogP contribution < -0.4 is 0 Å². The average Bonchev–Trinajstić information content (AvgIpc) is 2.19. The Hall–Kier alpha value is -1.78. The lowest BCUT2D eigenvalue weighted by molar-refractivity contribution is -0.140. The smallest absolute Gasteiger partial charge is 0.247 e. The summed E-state index contributed by atoms with van der Waals surface area (Å²) < 4.78 is 74.6. The molecule has 8 heteroatoms. The largest absolute Gasteiger partial charge is 0.418 e. The number of rotatable bonds is 2. The average molecular weight is 254 g/mol. The van der Waals surface area contributed by atoms with Crippen LogP contribution in [0.3, 0.4) is 0 Å². The van der Waals surface area contributed by atoms with E-state index in [0.29, 0.717) is 0 Å². The highest BCUT2D eigenvalue weighted by Gasteiger charge is 2.38. The molecule has 2 nitrogen and oxygen atoms in total. The van der Waals surface area contributed by atoms with Gasteiger partial charge in [0, 0.05) is 0 Å². The van der Waals surface area contributed by atoms with E-state index in [4.69, 9.17) is 5.26 Å². The number of nitrogens with zero attached hydrogens (tertiary/aromatic N) is 2. The lowest BCUT2D eigenvalue weighted by Crippen LogP contribution is -2.14. The minimum Gasteiger partial charge on any atom is -0.247 e. The number of pyridine rings is 1. The Morgan fingerprint density at radius 3 is 2.35 bits per heavy atom. The standard InChI is InChI=1S/C9H4F6N2/c10-5-3-4(9(13,14)15)7(8(11)12)17-6(5)1-2-16/h3,8H,1H2. The SMILES string of the molecule is N#CCc1nc(C(F)F)c(C(F)(F)F)cc1F. The summed E-state index contributed by atoms with van der Waals surface area (Å²) in [5.41, 5.74) is -4.12. The fraction of sp³-hybridized carbons (Fsp3) is 0.333. The van der Waals surface area contributed by atoms with Crippen molar-refractivity contribution in [3.05, 3.63) is 28.8 Å². The van der Waals surface area contributed by atoms with Crippen LogP contribution in [0.5, 0.6) is 0 Å². The molecule has 0 spiro atoms. The van der Waals surface area contributed by atoms with Gasteiger partial charge in [-0.25, -0.2) is 18.2 Å². The van der Waals surface area contributed by atoms with Gasteiger partial charge in [-0.15, -0.1) is 0 Å². The van der Waals surface area contributed by atoms with Crippen molar-refractivity contribution in [1.29, 1.82) is 5.26 Å². The van der Waals surface area contributed by atoms with Crippen molar-refractivity contribution >= 4 is 0 Å². The lowest BCUT2D eigenvalue weighted by Gasteiger charge is -2.12. The van der Waals surface area contributed by atoms with E-state index in [1.165, 1.54) is 6.07 Å². The summed E-state index contributed by atoms with van der Waals surface area (Å²) in [5.74, 6) is -1.43. The van der Waals surface area contributed by atoms with Gasteiger partial charge in [0.1, 0.15) is 11.5 Å². The zero-order chi connectivity index (χ0) is 13.2. The van der Waals surface area contributed by atoms with E-state index in [1.807, 2.05) is 0 Å². The first-order chi connectivity index (χ1) is 7.77. The number of hydrogen-bond acceptors (Lipinski definition) is 2. The highest BCUT2D eigenvalue weighted by molar-refractivity contribution is 5.29. The summed E-state index contributed by atoms with van der Waals surface area (Å²) in [4.78, 5) is 2.86. The van der Waals surface area contributed by atoms with E-state index in [0.717, 1.165) is 0 Å². The topological polar surface area (TPSA) is 36.7 Å². The molecule has 0 bridgehead atoms. The van der Waals surface area contributed by atoms with Gasteiger partial charge in [0.2, 0.25) is 0 Å². The lowest BCUT2D eigenvalue weighted by atomic mass is 10.1. The van der Waals surface area contributed by atoms with Gasteiger partial charge < -0.3 is 0 Å². The summed E-state index contributed by atoms with van der Waals surface area (Å²) in [6.45, 7) is 0. The number of alkyl halides is 5. The fourth-order valence-corrected chi connectivity index (χ4v) is 1.14. The predicted molar refractivity (Wildman–Crippen MR) is 43.5 cm³/mol. The first-order valence-corrected chi connectivity index (χ1v) is 4.19. The van der Waals surface area contributed by atoms with E-state index in [1.54, 1.807) is 0 Å². The number of nitriles is 1. The highest BCUT2D eigenvalue weighted by atomic mass is 19.4. The second-order valence-corrected chi connectivity index (χ2v) is 2.98. The molecule has 1 rings (SSSR count). The third-order valence-corrected chi connectivity index (χ3v) is 1.84. The molecule has 0 amide bonds. The number of halogens is 6. The Morgan fingerprint density at radius 1 is 1.35 bits per heavy atom. The van der Waals surface area contributed by atoms with E-state index >= 15 is 0 Å². The maximum atomic E-state index is 13.1. The van der Waals surface area contributed by atoms with Gasteiger partial charge in [0.05, 0.1) is 23.7 Å². The maximum absolute atomic E-state index is 13.1. The van der Waals surface area contributed by atoms with Crippen molar-refractivity contribution in [2.75, 3.05) is 0 Å². The van der Waals surface area contributed by atoms with Crippen LogP contribution in [0.25, 0.3) is 0 Å². The van der Waals surface area contributed by atoms with Crippen molar-refractivity contribution < 1.29 is 26.3 Å². The summed E-state index contributed by atoms with van der Waals surface area (Å²) in [6.07, 6.45) is -9.29. The molecule has 0 atom stereocenters. The van der Waals surface area contributed by atoms with Crippen molar-refractivity contribution in [3.8, 4) is 6.07 Å². The third kappa shape index (κ3) is 2.87. The number of aromatic nitrogens is 1. The number of hydrogen-bond donors (Lipinski definition) is 0. The Labute approximate surface area is 91.5 Å². The molecule has 92 valence electrons. The van der Waals surface area contributed by atoms with Gasteiger partial charge in [0.15, 0.2) is 0 Å². The van der Waals surface area contributed by atoms with Crippen LogP contribution >= 0.6 is 0 Å². The van der Waals surface area contributed by atoms with Crippen molar-refractivity contribution in [2.45, 2.75) is 19.0 Å². The molecular weight excluding hydrogens is 250 g/mol. The zero-order valence-electron chi connectivity index (χ0n) is 8.02. The minimum absolute atomic E-state index is 0.0683. The predicted octanol–water partition coefficient (Wildman–Crippen LogP) is 3.24. The fourth-order valence-electron chi connectivity index (χ4n) is 1.14. The quantitative estimate of drug-likeness (QED) is 0.759. The molecule has 0 saturated heterocycles. The van der Waals surface area contributed by atoms with Crippen molar-refractivity contribution in [2.24, 2.45) is 0 Å². The monoisotopic (exact) mass is 254 g/mol. The molecular formula is C9H4F6N2. The molecule has 1 heterocycles. The molecule has 0 fully saturated rings. The highest BCUT2D eigenvalue weighted by Crippen LogP contribution is 2.36. The Balaban J connectivity index is 3.42. The van der Waals surface area contributed by atoms with E-state index < -0.39 is 41.8 Å². The minimum atomic E-state index is -5.12. The second kappa shape index (κ2) is 4.61. The molecule has 0 unspecified atom stereocenters. The Kier molecular flexibility index (Phi) is 3.60. The summed E-state index contributed by atoms with van der Waals surface area (Å²) in [5, 5.41) is 8.24. The van der Waals surface area contributed by atoms with Crippen LogP contribution in [-0.2, 0) is 12.6 Å². The van der Waals surface area contributed by atoms with Crippen LogP contribution in [0.1, 0.15) is 23.4 Å². The molecule has 0 aliphatic carbocycles. The molecule has 17 heavy (non-hydrogen) atoms. The Morgan fingerprint density at radius 2 is 1.94 bits per heavy atom. The van der Waals surface area contributed by atoms with Crippen molar-refractivity contribution in [3.63, 3.8) is 0 Å². The van der Waals surface area contributed by atoms with Crippen molar-refractivity contribution in [1.82, 2.24) is 4.98 Å². The second-order valence-electron chi connectivity index (χ2n) is 2.98. The molecule has 0 aromatic carbocycles. The van der Waals surface area contributed by atoms with Gasteiger partial charge in [-0.05, 0) is 6.07 Å². The summed E-state index contributed by atoms with van der Waals surface area (Å²) >= 11 is 0. The molecule has 0 aliphatic heterocycles. The van der Waals surface area contributed by atoms with E-state index in [9.17, 15) is 26.3 Å². The van der Waals surface area contributed by atoms with Crippen LogP contribution in [0, 0.1) is 17.1 Å². The molecule has 0 saturated carbocycles. The van der Waals surface area contributed by atoms with Crippen LogP contribution in [-0.4, -0.2) is 4.98 Å². The first kappa shape index (κ1) is 13.3. The van der Waals surface area contributed by atoms with Gasteiger partial charge in [-0.3, -0.25) is 0 Å². The van der Waals surface area contributed by atoms with Gasteiger partial charge in [0.25, 0.3) is 6.43 Å². The third-order valence-electron chi connectivity index (χ3n) is 1.84. The Bertz CT molecular complexity index is 460. The molecule has 0 N–H and O–H groups in total. The van der Waals surface area contributed by atoms with E-state index in [-0.39, 0.29) is 6.07 Å². The van der Waals surface area contributed by atoms with Gasteiger partial charge in [-0.1, -0.05) is 0 Å². The maximum Gasteiger partial charge on any atom is 0.418 e. The van der Waals surface area contributed by atoms with Gasteiger partial charge >= 0.3 is 6.18 Å². The molecule has 0 radical (unpaired) electrons.